The van der Waals surface area contributed by atoms with Crippen LogP contribution < -0.4 is 18.9 Å². The standard InChI is InChI=1S/C22H22O12/c1-30-21-11(24)4-10(17(26)16(25)9-2-3-12-13(5-9)32-8-31-12)6-14(21)33-22-20(29)19(28)18(27)15(7-23)34-22/h2-6,15,18-20,22-24,27-29H,7-8H2,1H3/t15-,18-,19+,20-,22-/m1/s1. The molecule has 5 atom stereocenters. The van der Waals surface area contributed by atoms with Crippen LogP contribution in [0.4, 0.5) is 0 Å². The Balaban J connectivity index is 1.62. The number of aliphatic hydroxyl groups excluding tert-OH is 4. The molecule has 12 nitrogen and oxygen atoms in total. The van der Waals surface area contributed by atoms with Gasteiger partial charge in [0.2, 0.25) is 30.4 Å². The highest BCUT2D eigenvalue weighted by atomic mass is 16.7. The number of phenolic OH excluding ortho intramolecular Hbond substituents is 1. The number of methoxy groups -OCH3 is 1. The molecule has 0 saturated carbocycles. The summed E-state index contributed by atoms with van der Waals surface area (Å²) in [6.07, 6.45) is -7.94. The van der Waals surface area contributed by atoms with Gasteiger partial charge in [-0.25, -0.2) is 0 Å². The van der Waals surface area contributed by atoms with Gasteiger partial charge in [-0.3, -0.25) is 9.59 Å². The van der Waals surface area contributed by atoms with Gasteiger partial charge in [-0.15, -0.1) is 0 Å². The van der Waals surface area contributed by atoms with E-state index in [1.807, 2.05) is 0 Å². The third-order valence-corrected chi connectivity index (χ3v) is 5.43. The zero-order chi connectivity index (χ0) is 24.6. The van der Waals surface area contributed by atoms with Crippen molar-refractivity contribution in [3.63, 3.8) is 0 Å². The molecule has 0 amide bonds. The van der Waals surface area contributed by atoms with Crippen molar-refractivity contribution >= 4 is 11.6 Å². The molecule has 34 heavy (non-hydrogen) atoms. The maximum atomic E-state index is 12.9. The molecule has 0 aromatic heterocycles. The van der Waals surface area contributed by atoms with Crippen molar-refractivity contribution in [2.24, 2.45) is 0 Å². The average molecular weight is 478 g/mol. The van der Waals surface area contributed by atoms with E-state index in [0.717, 1.165) is 12.1 Å². The molecule has 0 unspecified atom stereocenters. The Morgan fingerprint density at radius 1 is 0.971 bits per heavy atom. The number of rotatable bonds is 7. The maximum absolute atomic E-state index is 12.9. The Labute approximate surface area is 192 Å². The number of hydrogen-bond acceptors (Lipinski definition) is 12. The van der Waals surface area contributed by atoms with Crippen LogP contribution >= 0.6 is 0 Å². The first-order chi connectivity index (χ1) is 16.2. The molecule has 0 aliphatic carbocycles. The van der Waals surface area contributed by atoms with Crippen LogP contribution in [-0.4, -0.2) is 88.3 Å². The van der Waals surface area contributed by atoms with Gasteiger partial charge in [-0.05, 0) is 30.3 Å². The molecular weight excluding hydrogens is 456 g/mol. The second-order valence-corrected chi connectivity index (χ2v) is 7.57. The third kappa shape index (κ3) is 4.24. The largest absolute Gasteiger partial charge is 0.504 e. The number of Topliss-reactive ketones (excluding diaryl/α,β-unsaturated/α-hetero) is 2. The molecule has 2 aromatic rings. The van der Waals surface area contributed by atoms with Gasteiger partial charge in [0.1, 0.15) is 24.4 Å². The van der Waals surface area contributed by atoms with E-state index in [-0.39, 0.29) is 29.4 Å². The summed E-state index contributed by atoms with van der Waals surface area (Å²) in [5, 5.41) is 49.8. The van der Waals surface area contributed by atoms with Gasteiger partial charge in [0.05, 0.1) is 13.7 Å². The van der Waals surface area contributed by atoms with Crippen molar-refractivity contribution in [2.75, 3.05) is 20.5 Å². The molecule has 1 fully saturated rings. The lowest BCUT2D eigenvalue weighted by molar-refractivity contribution is -0.277. The fourth-order valence-corrected chi connectivity index (χ4v) is 3.60. The summed E-state index contributed by atoms with van der Waals surface area (Å²) in [7, 11) is 1.20. The SMILES string of the molecule is COc1c(O)cc(C(=O)C(=O)c2ccc3c(c2)OCO3)cc1O[C@@H]1O[C@H](CO)[C@@H](O)[C@H](O)[C@H]1O. The molecule has 0 bridgehead atoms. The normalized spacial score (nSPS) is 25.6. The van der Waals surface area contributed by atoms with Crippen LogP contribution in [0.3, 0.4) is 0 Å². The van der Waals surface area contributed by atoms with Crippen LogP contribution in [0, 0.1) is 0 Å². The van der Waals surface area contributed by atoms with Gasteiger partial charge in [-0.2, -0.15) is 0 Å². The molecule has 182 valence electrons. The molecule has 2 aromatic carbocycles. The number of aromatic hydroxyl groups is 1. The highest BCUT2D eigenvalue weighted by molar-refractivity contribution is 6.49. The Morgan fingerprint density at radius 2 is 1.68 bits per heavy atom. The van der Waals surface area contributed by atoms with Crippen LogP contribution in [0.5, 0.6) is 28.7 Å². The third-order valence-electron chi connectivity index (χ3n) is 5.43. The summed E-state index contributed by atoms with van der Waals surface area (Å²) in [6, 6.07) is 6.33. The highest BCUT2D eigenvalue weighted by Gasteiger charge is 2.45. The number of phenols is 1. The van der Waals surface area contributed by atoms with Gasteiger partial charge in [0, 0.05) is 11.1 Å². The number of ketones is 2. The van der Waals surface area contributed by atoms with E-state index in [1.165, 1.54) is 25.3 Å². The van der Waals surface area contributed by atoms with Crippen LogP contribution in [-0.2, 0) is 4.74 Å². The van der Waals surface area contributed by atoms with Crippen LogP contribution in [0.15, 0.2) is 30.3 Å². The first-order valence-electron chi connectivity index (χ1n) is 10.1. The number of hydrogen-bond donors (Lipinski definition) is 5. The number of carbonyl (C=O) groups excluding carboxylic acids is 2. The van der Waals surface area contributed by atoms with Crippen LogP contribution in [0.2, 0.25) is 0 Å². The first-order valence-corrected chi connectivity index (χ1v) is 10.1. The zero-order valence-electron chi connectivity index (χ0n) is 17.8. The Morgan fingerprint density at radius 3 is 2.38 bits per heavy atom. The molecule has 5 N–H and O–H groups in total. The van der Waals surface area contributed by atoms with Gasteiger partial charge in [0.15, 0.2) is 23.0 Å². The summed E-state index contributed by atoms with van der Waals surface area (Å²) in [4.78, 5) is 25.7. The second kappa shape index (κ2) is 9.44. The maximum Gasteiger partial charge on any atom is 0.233 e. The summed E-state index contributed by atoms with van der Waals surface area (Å²) in [6.45, 7) is -0.693. The molecule has 0 spiro atoms. The second-order valence-electron chi connectivity index (χ2n) is 7.57. The Kier molecular flexibility index (Phi) is 6.59. The van der Waals surface area contributed by atoms with Gasteiger partial charge >= 0.3 is 0 Å². The van der Waals surface area contributed by atoms with Crippen molar-refractivity contribution in [1.82, 2.24) is 0 Å². The molecule has 12 heteroatoms. The minimum atomic E-state index is -1.75. The molecule has 2 heterocycles. The number of fused-ring (bicyclic) bond motifs is 1. The van der Waals surface area contributed by atoms with Gasteiger partial charge < -0.3 is 49.2 Å². The van der Waals surface area contributed by atoms with E-state index in [2.05, 4.69) is 0 Å². The molecule has 1 saturated heterocycles. The van der Waals surface area contributed by atoms with Gasteiger partial charge in [-0.1, -0.05) is 0 Å². The van der Waals surface area contributed by atoms with Gasteiger partial charge in [0.25, 0.3) is 0 Å². The van der Waals surface area contributed by atoms with E-state index >= 15 is 0 Å². The topological polar surface area (TPSA) is 181 Å². The summed E-state index contributed by atoms with van der Waals surface area (Å²) in [5.74, 6) is -2.24. The lowest BCUT2D eigenvalue weighted by Crippen LogP contribution is -2.60. The number of aliphatic hydroxyl groups is 4. The van der Waals surface area contributed by atoms with Crippen molar-refractivity contribution in [3.8, 4) is 28.7 Å². The highest BCUT2D eigenvalue weighted by Crippen LogP contribution is 2.40. The summed E-state index contributed by atoms with van der Waals surface area (Å²) >= 11 is 0. The average Bonchev–Trinajstić information content (AvgIpc) is 3.31. The minimum absolute atomic E-state index is 0.00801. The molecule has 2 aliphatic rings. The van der Waals surface area contributed by atoms with Crippen LogP contribution in [0.25, 0.3) is 0 Å². The molecule has 0 radical (unpaired) electrons. The smallest absolute Gasteiger partial charge is 0.233 e. The first kappa shape index (κ1) is 23.7. The monoisotopic (exact) mass is 478 g/mol. The van der Waals surface area contributed by atoms with E-state index in [9.17, 15) is 35.1 Å². The fourth-order valence-electron chi connectivity index (χ4n) is 3.60. The van der Waals surface area contributed by atoms with E-state index in [0.29, 0.717) is 11.5 Å². The Bertz CT molecular complexity index is 1100. The number of carbonyl (C=O) groups is 2. The number of ether oxygens (including phenoxy) is 5. The van der Waals surface area contributed by atoms with E-state index in [4.69, 9.17) is 23.7 Å². The molecule has 2 aliphatic heterocycles. The predicted molar refractivity (Wildman–Crippen MR) is 110 cm³/mol. The van der Waals surface area contributed by atoms with Crippen molar-refractivity contribution in [2.45, 2.75) is 30.7 Å². The van der Waals surface area contributed by atoms with Crippen LogP contribution in [0.1, 0.15) is 20.7 Å². The van der Waals surface area contributed by atoms with Crippen molar-refractivity contribution in [1.29, 1.82) is 0 Å². The summed E-state index contributed by atoms with van der Waals surface area (Å²) in [5.41, 5.74) is -0.235. The van der Waals surface area contributed by atoms with E-state index in [1.54, 1.807) is 0 Å². The molecular formula is C22H22O12. The van der Waals surface area contributed by atoms with Crippen molar-refractivity contribution in [3.05, 3.63) is 41.5 Å². The van der Waals surface area contributed by atoms with E-state index < -0.39 is 54.6 Å². The lowest BCUT2D eigenvalue weighted by atomic mass is 9.99. The Hall–Kier alpha value is -3.42. The predicted octanol–water partition coefficient (Wildman–Crippen LogP) is -0.626. The molecule has 4 rings (SSSR count). The minimum Gasteiger partial charge on any atom is -0.504 e. The summed E-state index contributed by atoms with van der Waals surface area (Å²) < 4.78 is 26.3. The van der Waals surface area contributed by atoms with Crippen molar-refractivity contribution < 1.29 is 58.8 Å². The number of benzene rings is 2. The zero-order valence-corrected chi connectivity index (χ0v) is 17.8. The quantitative estimate of drug-likeness (QED) is 0.251. The fraction of sp³-hybridized carbons (Fsp3) is 0.364. The lowest BCUT2D eigenvalue weighted by Gasteiger charge is -2.39.